The van der Waals surface area contributed by atoms with Gasteiger partial charge in [0.25, 0.3) is 0 Å². The van der Waals surface area contributed by atoms with E-state index in [0.717, 1.165) is 0 Å². The van der Waals surface area contributed by atoms with E-state index < -0.39 is 21.6 Å². The molecule has 0 saturated carbocycles. The monoisotopic (exact) mass is 357 g/mol. The van der Waals surface area contributed by atoms with Gasteiger partial charge in [-0.05, 0) is 0 Å². The van der Waals surface area contributed by atoms with Crippen molar-refractivity contribution in [3.05, 3.63) is 0 Å². The van der Waals surface area contributed by atoms with Gasteiger partial charge >= 0.3 is 110 Å². The first-order chi connectivity index (χ1) is 7.59. The van der Waals surface area contributed by atoms with E-state index in [1.807, 2.05) is 4.90 Å². The van der Waals surface area contributed by atoms with Crippen molar-refractivity contribution < 1.29 is 16.0 Å². The average molecular weight is 357 g/mol. The van der Waals surface area contributed by atoms with Gasteiger partial charge < -0.3 is 0 Å². The van der Waals surface area contributed by atoms with Crippen molar-refractivity contribution in [1.29, 1.82) is 0 Å². The predicted molar refractivity (Wildman–Crippen MR) is 63.8 cm³/mol. The summed E-state index contributed by atoms with van der Waals surface area (Å²) >= 11 is 8.65. The molecular weight excluding hydrogens is 343 g/mol. The summed E-state index contributed by atoms with van der Waals surface area (Å²) < 4.78 is 32.8. The third kappa shape index (κ3) is 5.11. The van der Waals surface area contributed by atoms with Crippen LogP contribution < -0.4 is 0 Å². The minimum absolute atomic E-state index is 0.0300. The van der Waals surface area contributed by atoms with E-state index in [1.54, 1.807) is 0 Å². The molecular formula is C7H14Cl2NO4PSe. The molecule has 0 unspecified atom stereocenters. The van der Waals surface area contributed by atoms with Crippen LogP contribution in [-0.2, 0) is 16.0 Å². The van der Waals surface area contributed by atoms with Gasteiger partial charge in [0, 0.05) is 0 Å². The van der Waals surface area contributed by atoms with Crippen molar-refractivity contribution in [2.45, 2.75) is 0 Å². The number of alkyl halides is 2. The van der Waals surface area contributed by atoms with E-state index in [2.05, 4.69) is 0 Å². The third-order valence-corrected chi connectivity index (χ3v) is 6.57. The van der Waals surface area contributed by atoms with Crippen LogP contribution in [0.25, 0.3) is 0 Å². The summed E-state index contributed by atoms with van der Waals surface area (Å²) in [6.07, 6.45) is 0.412. The molecule has 0 radical (unpaired) electrons. The van der Waals surface area contributed by atoms with Crippen LogP contribution in [0.3, 0.4) is 0 Å². The predicted octanol–water partition coefficient (Wildman–Crippen LogP) is 1.46. The Morgan fingerprint density at radius 2 is 1.69 bits per heavy atom. The zero-order valence-electron chi connectivity index (χ0n) is 8.64. The summed E-state index contributed by atoms with van der Waals surface area (Å²) in [4.78, 5) is 1.92. The van der Waals surface area contributed by atoms with E-state index in [-0.39, 0.29) is 12.7 Å². The molecule has 1 rings (SSSR count). The summed E-state index contributed by atoms with van der Waals surface area (Å²) in [5.74, 6) is 0.910. The van der Waals surface area contributed by atoms with Crippen molar-refractivity contribution in [2.24, 2.45) is 0 Å². The van der Waals surface area contributed by atoms with Crippen molar-refractivity contribution in [3.8, 4) is 0 Å². The van der Waals surface area contributed by atoms with Crippen LogP contribution in [-0.4, -0.2) is 63.2 Å². The molecule has 5 nitrogen and oxygen atoms in total. The molecule has 1 aliphatic heterocycles. The Hall–Kier alpha value is 1.01. The van der Waals surface area contributed by atoms with Crippen LogP contribution in [0, 0.1) is 0 Å². The molecule has 1 saturated heterocycles. The number of nitrogens with zero attached hydrogens (tertiary/aromatic N) is 1. The molecule has 0 N–H and O–H groups in total. The van der Waals surface area contributed by atoms with Gasteiger partial charge in [-0.25, -0.2) is 0 Å². The summed E-state index contributed by atoms with van der Waals surface area (Å²) in [5, 5.41) is 0. The zero-order chi connectivity index (χ0) is 12.0. The molecule has 0 aliphatic carbocycles. The average Bonchev–Trinajstić information content (AvgIpc) is 2.24. The Labute approximate surface area is 109 Å². The van der Waals surface area contributed by atoms with Crippen LogP contribution in [0.1, 0.15) is 0 Å². The number of halogens is 2. The van der Waals surface area contributed by atoms with Gasteiger partial charge in [-0.15, -0.1) is 0 Å². The van der Waals surface area contributed by atoms with Crippen LogP contribution in [0.4, 0.5) is 0 Å². The quantitative estimate of drug-likeness (QED) is 0.409. The number of hydrogen-bond donors (Lipinski definition) is 0. The fraction of sp³-hybridized carbons (Fsp3) is 1.00. The minimum atomic E-state index is -2.62. The van der Waals surface area contributed by atoms with Crippen molar-refractivity contribution in [3.63, 3.8) is 0 Å². The first-order valence-corrected chi connectivity index (χ1v) is 10.1. The SMILES string of the molecule is O=[Se]1OCP(=O)(CN(CCCl)CCCl)CO1. The van der Waals surface area contributed by atoms with Crippen LogP contribution in [0.15, 0.2) is 0 Å². The van der Waals surface area contributed by atoms with Gasteiger partial charge in [-0.1, -0.05) is 0 Å². The van der Waals surface area contributed by atoms with Crippen molar-refractivity contribution in [1.82, 2.24) is 4.90 Å². The van der Waals surface area contributed by atoms with Crippen molar-refractivity contribution >= 4 is 44.8 Å². The Kier molecular flexibility index (Phi) is 7.01. The molecule has 0 spiro atoms. The maximum atomic E-state index is 12.2. The van der Waals surface area contributed by atoms with Crippen LogP contribution in [0.5, 0.6) is 0 Å². The summed E-state index contributed by atoms with van der Waals surface area (Å²) in [6, 6.07) is 0. The Morgan fingerprint density at radius 1 is 1.19 bits per heavy atom. The van der Waals surface area contributed by atoms with E-state index in [4.69, 9.17) is 30.8 Å². The molecule has 96 valence electrons. The summed E-state index contributed by atoms with van der Waals surface area (Å²) in [6.45, 7) is 1.24. The molecule has 9 heteroatoms. The first kappa shape index (κ1) is 15.1. The molecule has 1 fully saturated rings. The summed E-state index contributed by atoms with van der Waals surface area (Å²) in [5.41, 5.74) is 0. The van der Waals surface area contributed by atoms with Gasteiger partial charge in [0.2, 0.25) is 0 Å². The third-order valence-electron chi connectivity index (χ3n) is 2.03. The van der Waals surface area contributed by atoms with Gasteiger partial charge in [0.15, 0.2) is 0 Å². The first-order valence-electron chi connectivity index (χ1n) is 4.69. The summed E-state index contributed by atoms with van der Waals surface area (Å²) in [7, 11) is -2.57. The standard InChI is InChI=1S/C7H14Cl2NO4PSe/c8-1-3-10(4-2-9)5-15(11)6-13-16(12)14-7-15/h1-7H2. The van der Waals surface area contributed by atoms with E-state index in [0.29, 0.717) is 31.1 Å². The Bertz CT molecular complexity index is 274. The maximum absolute atomic E-state index is 12.2. The molecule has 1 heterocycles. The molecule has 16 heavy (non-hydrogen) atoms. The molecule has 0 bridgehead atoms. The molecule has 1 aliphatic rings. The fourth-order valence-corrected chi connectivity index (χ4v) is 7.22. The topological polar surface area (TPSA) is 55.8 Å². The van der Waals surface area contributed by atoms with E-state index in [1.165, 1.54) is 0 Å². The Balaban J connectivity index is 2.49. The van der Waals surface area contributed by atoms with Gasteiger partial charge in [0.05, 0.1) is 0 Å². The molecule has 0 aromatic rings. The normalized spacial score (nSPS) is 30.8. The van der Waals surface area contributed by atoms with Gasteiger partial charge in [-0.3, -0.25) is 0 Å². The second-order valence-corrected chi connectivity index (χ2v) is 8.91. The second-order valence-electron chi connectivity index (χ2n) is 3.39. The van der Waals surface area contributed by atoms with E-state index in [9.17, 15) is 8.40 Å². The Morgan fingerprint density at radius 3 is 2.12 bits per heavy atom. The second kappa shape index (κ2) is 7.45. The molecule has 0 amide bonds. The van der Waals surface area contributed by atoms with Crippen LogP contribution in [0.2, 0.25) is 0 Å². The zero-order valence-corrected chi connectivity index (χ0v) is 12.8. The van der Waals surface area contributed by atoms with Gasteiger partial charge in [-0.2, -0.15) is 0 Å². The number of rotatable bonds is 6. The fourth-order valence-electron chi connectivity index (χ4n) is 1.29. The molecule has 0 aromatic heterocycles. The number of hydrogen-bond acceptors (Lipinski definition) is 5. The van der Waals surface area contributed by atoms with Crippen LogP contribution >= 0.6 is 30.3 Å². The van der Waals surface area contributed by atoms with Crippen molar-refractivity contribution in [2.75, 3.05) is 43.8 Å². The van der Waals surface area contributed by atoms with Gasteiger partial charge in [0.1, 0.15) is 0 Å². The molecule has 0 atom stereocenters. The van der Waals surface area contributed by atoms with E-state index >= 15 is 0 Å². The molecule has 0 aromatic carbocycles.